The van der Waals surface area contributed by atoms with E-state index in [2.05, 4.69) is 0 Å². The van der Waals surface area contributed by atoms with Gasteiger partial charge >= 0.3 is 0 Å². The number of hydrogen-bond donors (Lipinski definition) is 0. The zero-order chi connectivity index (χ0) is 12.4. The number of nitrogens with zero attached hydrogens (tertiary/aromatic N) is 2. The number of halogens is 1. The van der Waals surface area contributed by atoms with Gasteiger partial charge < -0.3 is 9.64 Å². The molecule has 0 bridgehead atoms. The topological polar surface area (TPSA) is 72.7 Å². The van der Waals surface area contributed by atoms with Gasteiger partial charge in [0, 0.05) is 17.6 Å². The number of hydrogen-bond acceptors (Lipinski definition) is 4. The van der Waals surface area contributed by atoms with Gasteiger partial charge in [-0.05, 0) is 12.1 Å². The maximum Gasteiger partial charge on any atom is 0.293 e. The van der Waals surface area contributed by atoms with E-state index >= 15 is 0 Å². The summed E-state index contributed by atoms with van der Waals surface area (Å²) in [5.41, 5.74) is 0.0838. The third-order valence-corrected chi connectivity index (χ3v) is 2.65. The number of anilines is 1. The Balaban J connectivity index is 2.45. The zero-order valence-corrected chi connectivity index (χ0v) is 9.51. The maximum absolute atomic E-state index is 11.6. The Hall–Kier alpha value is -1.66. The highest BCUT2D eigenvalue weighted by Crippen LogP contribution is 2.31. The molecule has 0 spiro atoms. The van der Waals surface area contributed by atoms with Crippen LogP contribution in [0, 0.1) is 10.1 Å². The number of benzene rings is 1. The molecule has 0 aliphatic carbocycles. The number of morpholine rings is 1. The van der Waals surface area contributed by atoms with Crippen LogP contribution in [-0.2, 0) is 9.53 Å². The summed E-state index contributed by atoms with van der Waals surface area (Å²) >= 11 is 5.80. The summed E-state index contributed by atoms with van der Waals surface area (Å²) in [6, 6.07) is 4.14. The van der Waals surface area contributed by atoms with Crippen molar-refractivity contribution in [1.82, 2.24) is 0 Å². The molecule has 0 unspecified atom stereocenters. The first-order valence-electron chi connectivity index (χ1n) is 4.91. The fourth-order valence-electron chi connectivity index (χ4n) is 1.64. The first-order valence-corrected chi connectivity index (χ1v) is 5.29. The fraction of sp³-hybridized carbons (Fsp3) is 0.300. The van der Waals surface area contributed by atoms with Crippen LogP contribution in [0.3, 0.4) is 0 Å². The van der Waals surface area contributed by atoms with Gasteiger partial charge in [0.25, 0.3) is 11.6 Å². The molecule has 0 radical (unpaired) electrons. The van der Waals surface area contributed by atoms with Gasteiger partial charge in [-0.2, -0.15) is 0 Å². The van der Waals surface area contributed by atoms with Crippen LogP contribution in [0.1, 0.15) is 0 Å². The molecule has 1 aromatic carbocycles. The van der Waals surface area contributed by atoms with Gasteiger partial charge in [-0.1, -0.05) is 11.6 Å². The minimum Gasteiger partial charge on any atom is -0.370 e. The summed E-state index contributed by atoms with van der Waals surface area (Å²) < 4.78 is 4.97. The molecule has 7 heteroatoms. The van der Waals surface area contributed by atoms with Crippen LogP contribution in [0.2, 0.25) is 5.02 Å². The lowest BCUT2D eigenvalue weighted by molar-refractivity contribution is -0.384. The second-order valence-corrected chi connectivity index (χ2v) is 3.92. The van der Waals surface area contributed by atoms with Crippen molar-refractivity contribution in [1.29, 1.82) is 0 Å². The van der Waals surface area contributed by atoms with Crippen LogP contribution in [0.5, 0.6) is 0 Å². The maximum atomic E-state index is 11.6. The van der Waals surface area contributed by atoms with Crippen molar-refractivity contribution in [2.45, 2.75) is 0 Å². The van der Waals surface area contributed by atoms with Crippen LogP contribution in [0.15, 0.2) is 18.2 Å². The second kappa shape index (κ2) is 4.68. The largest absolute Gasteiger partial charge is 0.370 e. The standard InChI is InChI=1S/C10H9ClN2O4/c11-7-1-2-8(13(15)16)9(5-7)12-3-4-17-6-10(12)14/h1-2,5H,3-4,6H2. The first kappa shape index (κ1) is 11.8. The number of carbonyl (C=O) groups is 1. The Morgan fingerprint density at radius 3 is 2.88 bits per heavy atom. The summed E-state index contributed by atoms with van der Waals surface area (Å²) in [4.78, 5) is 23.3. The van der Waals surface area contributed by atoms with Crippen molar-refractivity contribution in [3.8, 4) is 0 Å². The molecule has 1 aromatic rings. The molecule has 1 fully saturated rings. The molecular formula is C10H9ClN2O4. The van der Waals surface area contributed by atoms with Crippen LogP contribution >= 0.6 is 11.6 Å². The summed E-state index contributed by atoms with van der Waals surface area (Å²) in [7, 11) is 0. The van der Waals surface area contributed by atoms with E-state index in [1.165, 1.54) is 23.1 Å². The summed E-state index contributed by atoms with van der Waals surface area (Å²) in [6.07, 6.45) is 0. The first-order chi connectivity index (χ1) is 8.09. The van der Waals surface area contributed by atoms with Gasteiger partial charge in [0.1, 0.15) is 12.3 Å². The summed E-state index contributed by atoms with van der Waals surface area (Å²) in [6.45, 7) is 0.582. The summed E-state index contributed by atoms with van der Waals surface area (Å²) in [5, 5.41) is 11.2. The Bertz CT molecular complexity index is 477. The smallest absolute Gasteiger partial charge is 0.293 e. The van der Waals surface area contributed by atoms with Gasteiger partial charge in [-0.15, -0.1) is 0 Å². The molecule has 17 heavy (non-hydrogen) atoms. The van der Waals surface area contributed by atoms with Crippen molar-refractivity contribution >= 4 is 28.9 Å². The average Bonchev–Trinajstić information content (AvgIpc) is 2.29. The van der Waals surface area contributed by atoms with Crippen LogP contribution in [0.25, 0.3) is 0 Å². The molecule has 0 aromatic heterocycles. The third kappa shape index (κ3) is 2.37. The molecule has 1 saturated heterocycles. The van der Waals surface area contributed by atoms with Crippen LogP contribution < -0.4 is 4.90 Å². The molecular weight excluding hydrogens is 248 g/mol. The van der Waals surface area contributed by atoms with Crippen LogP contribution in [0.4, 0.5) is 11.4 Å². The minimum atomic E-state index is -0.533. The van der Waals surface area contributed by atoms with Crippen molar-refractivity contribution in [3.63, 3.8) is 0 Å². The molecule has 1 aliphatic rings. The number of nitro benzene ring substituents is 1. The molecule has 0 atom stereocenters. The van der Waals surface area contributed by atoms with Gasteiger partial charge in [0.05, 0.1) is 11.5 Å². The molecule has 6 nitrogen and oxygen atoms in total. The Kier molecular flexibility index (Phi) is 3.26. The van der Waals surface area contributed by atoms with E-state index in [4.69, 9.17) is 16.3 Å². The molecule has 1 aliphatic heterocycles. The van der Waals surface area contributed by atoms with E-state index in [0.29, 0.717) is 18.2 Å². The Morgan fingerprint density at radius 2 is 2.24 bits per heavy atom. The SMILES string of the molecule is O=C1COCCN1c1cc(Cl)ccc1[N+](=O)[O-]. The van der Waals surface area contributed by atoms with E-state index in [-0.39, 0.29) is 23.9 Å². The average molecular weight is 257 g/mol. The number of rotatable bonds is 2. The van der Waals surface area contributed by atoms with E-state index in [1.54, 1.807) is 0 Å². The van der Waals surface area contributed by atoms with Crippen LogP contribution in [-0.4, -0.2) is 30.6 Å². The summed E-state index contributed by atoms with van der Waals surface area (Å²) in [5.74, 6) is -0.304. The molecule has 0 saturated carbocycles. The zero-order valence-electron chi connectivity index (χ0n) is 8.76. The minimum absolute atomic E-state index is 0.0658. The molecule has 0 N–H and O–H groups in total. The van der Waals surface area contributed by atoms with Gasteiger partial charge in [-0.25, -0.2) is 0 Å². The van der Waals surface area contributed by atoms with Crippen molar-refractivity contribution in [3.05, 3.63) is 33.3 Å². The highest BCUT2D eigenvalue weighted by Gasteiger charge is 2.27. The van der Waals surface area contributed by atoms with E-state index in [0.717, 1.165) is 0 Å². The second-order valence-electron chi connectivity index (χ2n) is 3.49. The Morgan fingerprint density at radius 1 is 1.47 bits per heavy atom. The van der Waals surface area contributed by atoms with Crippen molar-refractivity contribution in [2.24, 2.45) is 0 Å². The number of nitro groups is 1. The molecule has 90 valence electrons. The third-order valence-electron chi connectivity index (χ3n) is 2.41. The highest BCUT2D eigenvalue weighted by molar-refractivity contribution is 6.31. The predicted octanol–water partition coefficient (Wildman–Crippen LogP) is 1.61. The lowest BCUT2D eigenvalue weighted by Crippen LogP contribution is -2.41. The van der Waals surface area contributed by atoms with Gasteiger partial charge in [0.15, 0.2) is 0 Å². The van der Waals surface area contributed by atoms with E-state index in [1.807, 2.05) is 0 Å². The van der Waals surface area contributed by atoms with E-state index in [9.17, 15) is 14.9 Å². The quantitative estimate of drug-likeness (QED) is 0.595. The van der Waals surface area contributed by atoms with Crippen molar-refractivity contribution < 1.29 is 14.5 Å². The molecule has 2 rings (SSSR count). The normalized spacial score (nSPS) is 16.1. The van der Waals surface area contributed by atoms with Gasteiger partial charge in [0.2, 0.25) is 0 Å². The predicted molar refractivity (Wildman–Crippen MR) is 61.3 cm³/mol. The lowest BCUT2D eigenvalue weighted by atomic mass is 10.2. The highest BCUT2D eigenvalue weighted by atomic mass is 35.5. The lowest BCUT2D eigenvalue weighted by Gasteiger charge is -2.26. The van der Waals surface area contributed by atoms with Gasteiger partial charge in [-0.3, -0.25) is 14.9 Å². The Labute approximate surface area is 102 Å². The van der Waals surface area contributed by atoms with E-state index < -0.39 is 4.92 Å². The monoisotopic (exact) mass is 256 g/mol. The number of amides is 1. The number of ether oxygens (including phenoxy) is 1. The number of carbonyl (C=O) groups excluding carboxylic acids is 1. The van der Waals surface area contributed by atoms with Crippen molar-refractivity contribution in [2.75, 3.05) is 24.7 Å². The fourth-order valence-corrected chi connectivity index (χ4v) is 1.81. The molecule has 1 amide bonds. The molecule has 1 heterocycles.